The third-order valence-corrected chi connectivity index (χ3v) is 3.69. The Morgan fingerprint density at radius 1 is 1.25 bits per heavy atom. The molecule has 3 aromatic rings. The van der Waals surface area contributed by atoms with Gasteiger partial charge >= 0.3 is 0 Å². The van der Waals surface area contributed by atoms with Crippen molar-refractivity contribution in [3.05, 3.63) is 64.7 Å². The van der Waals surface area contributed by atoms with Gasteiger partial charge in [-0.25, -0.2) is 4.68 Å². The van der Waals surface area contributed by atoms with Gasteiger partial charge in [0.1, 0.15) is 0 Å². The van der Waals surface area contributed by atoms with E-state index in [2.05, 4.69) is 10.1 Å². The molecule has 100 valence electrons. The van der Waals surface area contributed by atoms with Crippen LogP contribution in [-0.4, -0.2) is 20.3 Å². The molecule has 0 aliphatic carbocycles. The Morgan fingerprint density at radius 3 is 2.65 bits per heavy atom. The number of nitrogens with zero attached hydrogens (tertiary/aromatic N) is 4. The number of rotatable bonds is 2. The van der Waals surface area contributed by atoms with E-state index >= 15 is 0 Å². The molecular formula is C14H12N4OS. The van der Waals surface area contributed by atoms with Crippen LogP contribution in [0.15, 0.2) is 59.3 Å². The van der Waals surface area contributed by atoms with Crippen LogP contribution in [0.5, 0.6) is 0 Å². The van der Waals surface area contributed by atoms with Crippen LogP contribution in [-0.2, 0) is 7.05 Å². The van der Waals surface area contributed by atoms with E-state index in [9.17, 15) is 4.79 Å². The van der Waals surface area contributed by atoms with E-state index in [1.165, 1.54) is 11.3 Å². The second kappa shape index (κ2) is 5.26. The fourth-order valence-corrected chi connectivity index (χ4v) is 2.49. The number of amides is 1. The average molecular weight is 284 g/mol. The highest BCUT2D eigenvalue weighted by molar-refractivity contribution is 7.07. The van der Waals surface area contributed by atoms with Crippen molar-refractivity contribution in [1.29, 1.82) is 0 Å². The van der Waals surface area contributed by atoms with Crippen LogP contribution in [0.4, 0.5) is 0 Å². The van der Waals surface area contributed by atoms with Crippen LogP contribution < -0.4 is 4.80 Å². The van der Waals surface area contributed by atoms with Crippen molar-refractivity contribution in [3.8, 4) is 5.69 Å². The summed E-state index contributed by atoms with van der Waals surface area (Å²) in [4.78, 5) is 16.9. The molecule has 0 radical (unpaired) electrons. The summed E-state index contributed by atoms with van der Waals surface area (Å²) in [7, 11) is 1.86. The Kier molecular flexibility index (Phi) is 3.30. The highest BCUT2D eigenvalue weighted by Gasteiger charge is 2.05. The SMILES string of the molecule is Cn1ccsc1=NC(=O)c1ccc(-n2cccn2)cc1. The maximum absolute atomic E-state index is 12.1. The van der Waals surface area contributed by atoms with E-state index in [4.69, 9.17) is 0 Å². The maximum atomic E-state index is 12.1. The topological polar surface area (TPSA) is 52.2 Å². The molecular weight excluding hydrogens is 272 g/mol. The number of thiazole rings is 1. The van der Waals surface area contributed by atoms with Crippen LogP contribution in [0.2, 0.25) is 0 Å². The second-order valence-corrected chi connectivity index (χ2v) is 5.08. The van der Waals surface area contributed by atoms with Crippen molar-refractivity contribution >= 4 is 17.2 Å². The first-order chi connectivity index (χ1) is 9.74. The van der Waals surface area contributed by atoms with E-state index in [1.807, 2.05) is 47.6 Å². The molecule has 5 nitrogen and oxygen atoms in total. The van der Waals surface area contributed by atoms with Crippen molar-refractivity contribution in [2.45, 2.75) is 0 Å². The summed E-state index contributed by atoms with van der Waals surface area (Å²) >= 11 is 1.44. The molecule has 0 N–H and O–H groups in total. The van der Waals surface area contributed by atoms with Crippen LogP contribution in [0.1, 0.15) is 10.4 Å². The van der Waals surface area contributed by atoms with Crippen molar-refractivity contribution in [3.63, 3.8) is 0 Å². The first kappa shape index (κ1) is 12.6. The van der Waals surface area contributed by atoms with Crippen LogP contribution in [0, 0.1) is 0 Å². The normalized spacial score (nSPS) is 11.8. The number of carbonyl (C=O) groups is 1. The van der Waals surface area contributed by atoms with E-state index in [1.54, 1.807) is 23.0 Å². The number of aromatic nitrogens is 3. The van der Waals surface area contributed by atoms with Gasteiger partial charge in [0.15, 0.2) is 4.80 Å². The van der Waals surface area contributed by atoms with Crippen molar-refractivity contribution in [1.82, 2.24) is 14.3 Å². The fraction of sp³-hybridized carbons (Fsp3) is 0.0714. The summed E-state index contributed by atoms with van der Waals surface area (Å²) in [6.45, 7) is 0. The van der Waals surface area contributed by atoms with Gasteiger partial charge in [-0.2, -0.15) is 10.1 Å². The standard InChI is InChI=1S/C14H12N4OS/c1-17-9-10-20-14(17)16-13(19)11-3-5-12(6-4-11)18-8-2-7-15-18/h2-10H,1H3. The minimum Gasteiger partial charge on any atom is -0.327 e. The Bertz CT molecular complexity index is 781. The zero-order chi connectivity index (χ0) is 13.9. The monoisotopic (exact) mass is 284 g/mol. The van der Waals surface area contributed by atoms with Gasteiger partial charge in [-0.3, -0.25) is 4.79 Å². The van der Waals surface area contributed by atoms with Gasteiger partial charge in [0.25, 0.3) is 5.91 Å². The highest BCUT2D eigenvalue weighted by atomic mass is 32.1. The number of benzene rings is 1. The summed E-state index contributed by atoms with van der Waals surface area (Å²) in [5.41, 5.74) is 1.47. The van der Waals surface area contributed by atoms with Gasteiger partial charge in [-0.05, 0) is 30.3 Å². The molecule has 20 heavy (non-hydrogen) atoms. The first-order valence-corrected chi connectivity index (χ1v) is 6.91. The number of hydrogen-bond acceptors (Lipinski definition) is 3. The summed E-state index contributed by atoms with van der Waals surface area (Å²) in [5.74, 6) is -0.241. The largest absolute Gasteiger partial charge is 0.327 e. The first-order valence-electron chi connectivity index (χ1n) is 6.03. The molecule has 0 saturated carbocycles. The molecule has 2 aromatic heterocycles. The molecule has 2 heterocycles. The molecule has 6 heteroatoms. The molecule has 1 aromatic carbocycles. The van der Waals surface area contributed by atoms with E-state index in [0.29, 0.717) is 10.4 Å². The van der Waals surface area contributed by atoms with Crippen molar-refractivity contribution in [2.24, 2.45) is 12.0 Å². The molecule has 0 atom stereocenters. The Labute approximate surface area is 119 Å². The Hall–Kier alpha value is -2.47. The van der Waals surface area contributed by atoms with E-state index < -0.39 is 0 Å². The molecule has 0 unspecified atom stereocenters. The summed E-state index contributed by atoms with van der Waals surface area (Å²) < 4.78 is 3.56. The highest BCUT2D eigenvalue weighted by Crippen LogP contribution is 2.09. The number of carbonyl (C=O) groups excluding carboxylic acids is 1. The van der Waals surface area contributed by atoms with E-state index in [0.717, 1.165) is 5.69 Å². The Balaban J connectivity index is 1.89. The van der Waals surface area contributed by atoms with Gasteiger partial charge in [0.2, 0.25) is 0 Å². The quantitative estimate of drug-likeness (QED) is 0.723. The van der Waals surface area contributed by atoms with Gasteiger partial charge in [0, 0.05) is 36.6 Å². The zero-order valence-corrected chi connectivity index (χ0v) is 11.6. The smallest absolute Gasteiger partial charge is 0.279 e. The van der Waals surface area contributed by atoms with Gasteiger partial charge in [-0.1, -0.05) is 0 Å². The lowest BCUT2D eigenvalue weighted by Gasteiger charge is -2.01. The Morgan fingerprint density at radius 2 is 2.05 bits per heavy atom. The van der Waals surface area contributed by atoms with Gasteiger partial charge in [-0.15, -0.1) is 11.3 Å². The van der Waals surface area contributed by atoms with Crippen molar-refractivity contribution in [2.75, 3.05) is 0 Å². The third-order valence-electron chi connectivity index (χ3n) is 2.84. The average Bonchev–Trinajstić information content (AvgIpc) is 3.12. The lowest BCUT2D eigenvalue weighted by Crippen LogP contribution is -2.12. The molecule has 1 amide bonds. The zero-order valence-electron chi connectivity index (χ0n) is 10.8. The lowest BCUT2D eigenvalue weighted by atomic mass is 10.2. The summed E-state index contributed by atoms with van der Waals surface area (Å²) in [5, 5.41) is 6.04. The van der Waals surface area contributed by atoms with E-state index in [-0.39, 0.29) is 5.91 Å². The molecule has 3 rings (SSSR count). The van der Waals surface area contributed by atoms with Crippen LogP contribution >= 0.6 is 11.3 Å². The number of aryl methyl sites for hydroxylation is 1. The third kappa shape index (κ3) is 2.46. The predicted molar refractivity (Wildman–Crippen MR) is 76.7 cm³/mol. The molecule has 0 aliphatic heterocycles. The maximum Gasteiger partial charge on any atom is 0.279 e. The van der Waals surface area contributed by atoms with Gasteiger partial charge in [0.05, 0.1) is 5.69 Å². The molecule has 0 fully saturated rings. The fourth-order valence-electron chi connectivity index (χ4n) is 1.76. The molecule has 0 saturated heterocycles. The minimum atomic E-state index is -0.241. The summed E-state index contributed by atoms with van der Waals surface area (Å²) in [6, 6.07) is 9.08. The molecule has 0 bridgehead atoms. The molecule has 0 aliphatic rings. The minimum absolute atomic E-state index is 0.241. The van der Waals surface area contributed by atoms with Crippen LogP contribution in [0.25, 0.3) is 5.69 Å². The van der Waals surface area contributed by atoms with Crippen molar-refractivity contribution < 1.29 is 4.79 Å². The molecule has 0 spiro atoms. The second-order valence-electron chi connectivity index (χ2n) is 4.21. The number of hydrogen-bond donors (Lipinski definition) is 0. The summed E-state index contributed by atoms with van der Waals surface area (Å²) in [6.07, 6.45) is 5.44. The van der Waals surface area contributed by atoms with Crippen LogP contribution in [0.3, 0.4) is 0 Å². The lowest BCUT2D eigenvalue weighted by molar-refractivity contribution is 0.0998. The predicted octanol–water partition coefficient (Wildman–Crippen LogP) is 2.01. The van der Waals surface area contributed by atoms with Gasteiger partial charge < -0.3 is 4.57 Å².